The second-order valence-electron chi connectivity index (χ2n) is 2.79. The predicted octanol–water partition coefficient (Wildman–Crippen LogP) is 3.18. The summed E-state index contributed by atoms with van der Waals surface area (Å²) in [4.78, 5) is 9.70. The fourth-order valence-electron chi connectivity index (χ4n) is 0.415. The topological polar surface area (TPSA) is 37.3 Å². The Bertz CT molecular complexity index is 244. The van der Waals surface area contributed by atoms with Crippen LogP contribution in [-0.2, 0) is 4.79 Å². The molecule has 0 amide bonds. The highest BCUT2D eigenvalue weighted by Gasteiger charge is 1.99. The Morgan fingerprint density at radius 2 is 1.69 bits per heavy atom. The molecule has 1 aromatic rings. The van der Waals surface area contributed by atoms with Gasteiger partial charge in [-0.1, -0.05) is 48.0 Å². The van der Waals surface area contributed by atoms with Gasteiger partial charge in [-0.2, -0.15) is 0 Å². The monoisotopic (exact) mass is 244 g/mol. The SMILES string of the molecule is Brc1ccccc1.CC(C)C(=O)O. The van der Waals surface area contributed by atoms with Crippen LogP contribution in [0.25, 0.3) is 0 Å². The maximum absolute atomic E-state index is 9.70. The molecule has 0 radical (unpaired) electrons. The van der Waals surface area contributed by atoms with E-state index in [0.717, 1.165) is 4.47 Å². The van der Waals surface area contributed by atoms with Crippen LogP contribution in [0.4, 0.5) is 0 Å². The van der Waals surface area contributed by atoms with E-state index in [2.05, 4.69) is 15.9 Å². The first-order chi connectivity index (χ1) is 6.04. The van der Waals surface area contributed by atoms with Crippen molar-refractivity contribution in [1.82, 2.24) is 0 Å². The lowest BCUT2D eigenvalue weighted by atomic mass is 10.2. The lowest BCUT2D eigenvalue weighted by Crippen LogP contribution is -2.03. The number of halogens is 1. The minimum Gasteiger partial charge on any atom is -0.481 e. The molecule has 0 aromatic heterocycles. The first kappa shape index (κ1) is 12.2. The molecule has 1 aromatic carbocycles. The molecule has 2 nitrogen and oxygen atoms in total. The molecule has 13 heavy (non-hydrogen) atoms. The quantitative estimate of drug-likeness (QED) is 0.824. The minimum absolute atomic E-state index is 0.231. The van der Waals surface area contributed by atoms with Crippen LogP contribution >= 0.6 is 15.9 Å². The smallest absolute Gasteiger partial charge is 0.305 e. The van der Waals surface area contributed by atoms with Gasteiger partial charge in [-0.25, -0.2) is 0 Å². The van der Waals surface area contributed by atoms with E-state index in [0.29, 0.717) is 0 Å². The van der Waals surface area contributed by atoms with Gasteiger partial charge in [0.1, 0.15) is 0 Å². The number of carbonyl (C=O) groups is 1. The maximum Gasteiger partial charge on any atom is 0.305 e. The molecule has 0 aliphatic heterocycles. The van der Waals surface area contributed by atoms with Gasteiger partial charge in [0.15, 0.2) is 0 Å². The van der Waals surface area contributed by atoms with Crippen LogP contribution in [0.15, 0.2) is 34.8 Å². The standard InChI is InChI=1S/C6H5Br.C4H8O2/c7-6-4-2-1-3-5-6;1-3(2)4(5)6/h1-5H;3H,1-2H3,(H,5,6). The van der Waals surface area contributed by atoms with Crippen molar-refractivity contribution in [2.24, 2.45) is 5.92 Å². The van der Waals surface area contributed by atoms with Gasteiger partial charge in [0.2, 0.25) is 0 Å². The summed E-state index contributed by atoms with van der Waals surface area (Å²) in [6.07, 6.45) is 0. The van der Waals surface area contributed by atoms with Crippen molar-refractivity contribution >= 4 is 21.9 Å². The van der Waals surface area contributed by atoms with Gasteiger partial charge in [0.05, 0.1) is 5.92 Å². The van der Waals surface area contributed by atoms with Crippen molar-refractivity contribution in [3.05, 3.63) is 34.8 Å². The summed E-state index contributed by atoms with van der Waals surface area (Å²) < 4.78 is 1.13. The molecule has 72 valence electrons. The molecule has 0 unspecified atom stereocenters. The summed E-state index contributed by atoms with van der Waals surface area (Å²) in [5, 5.41) is 7.99. The number of carboxylic acid groups (broad SMARTS) is 1. The lowest BCUT2D eigenvalue weighted by molar-refractivity contribution is -0.140. The fourth-order valence-corrected chi connectivity index (χ4v) is 0.720. The summed E-state index contributed by atoms with van der Waals surface area (Å²) in [6, 6.07) is 9.97. The molecule has 3 heteroatoms. The first-order valence-electron chi connectivity index (χ1n) is 3.97. The Labute approximate surface area is 86.7 Å². The third kappa shape index (κ3) is 7.53. The molecule has 1 N–H and O–H groups in total. The van der Waals surface area contributed by atoms with Gasteiger partial charge in [0.25, 0.3) is 0 Å². The van der Waals surface area contributed by atoms with Crippen molar-refractivity contribution < 1.29 is 9.90 Å². The average molecular weight is 245 g/mol. The van der Waals surface area contributed by atoms with Crippen LogP contribution in [-0.4, -0.2) is 11.1 Å². The van der Waals surface area contributed by atoms with Gasteiger partial charge in [-0.05, 0) is 12.1 Å². The molecular formula is C10H13BrO2. The van der Waals surface area contributed by atoms with Crippen LogP contribution in [0, 0.1) is 5.92 Å². The normalized spacial score (nSPS) is 8.92. The minimum atomic E-state index is -0.741. The van der Waals surface area contributed by atoms with Gasteiger partial charge in [-0.15, -0.1) is 0 Å². The van der Waals surface area contributed by atoms with Gasteiger partial charge >= 0.3 is 5.97 Å². The highest BCUT2D eigenvalue weighted by Crippen LogP contribution is 2.05. The second kappa shape index (κ2) is 6.66. The van der Waals surface area contributed by atoms with E-state index in [1.54, 1.807) is 13.8 Å². The van der Waals surface area contributed by atoms with Crippen LogP contribution < -0.4 is 0 Å². The third-order valence-corrected chi connectivity index (χ3v) is 1.76. The molecule has 1 rings (SSSR count). The van der Waals surface area contributed by atoms with Crippen molar-refractivity contribution in [1.29, 1.82) is 0 Å². The van der Waals surface area contributed by atoms with Gasteiger partial charge < -0.3 is 5.11 Å². The van der Waals surface area contributed by atoms with Crippen LogP contribution in [0.1, 0.15) is 13.8 Å². The molecule has 0 spiro atoms. The van der Waals surface area contributed by atoms with E-state index >= 15 is 0 Å². The number of benzene rings is 1. The predicted molar refractivity (Wildman–Crippen MR) is 56.6 cm³/mol. The zero-order chi connectivity index (χ0) is 10.3. The summed E-state index contributed by atoms with van der Waals surface area (Å²) in [6.45, 7) is 3.28. The molecule has 0 saturated heterocycles. The summed E-state index contributed by atoms with van der Waals surface area (Å²) in [5.74, 6) is -0.972. The highest BCUT2D eigenvalue weighted by atomic mass is 79.9. The van der Waals surface area contributed by atoms with E-state index in [1.165, 1.54) is 0 Å². The molecule has 0 fully saturated rings. The molecule has 0 aliphatic rings. The van der Waals surface area contributed by atoms with Crippen molar-refractivity contribution in [2.45, 2.75) is 13.8 Å². The van der Waals surface area contributed by atoms with E-state index < -0.39 is 5.97 Å². The molecule has 0 bridgehead atoms. The Morgan fingerprint density at radius 3 is 1.85 bits per heavy atom. The zero-order valence-electron chi connectivity index (χ0n) is 7.70. The Morgan fingerprint density at radius 1 is 1.31 bits per heavy atom. The maximum atomic E-state index is 9.70. The van der Waals surface area contributed by atoms with Crippen LogP contribution in [0.5, 0.6) is 0 Å². The Balaban J connectivity index is 0.000000226. The molecule has 0 atom stereocenters. The molecule has 0 aliphatic carbocycles. The number of hydrogen-bond donors (Lipinski definition) is 1. The Kier molecular flexibility index (Phi) is 6.24. The number of rotatable bonds is 1. The molecular weight excluding hydrogens is 232 g/mol. The van der Waals surface area contributed by atoms with Crippen molar-refractivity contribution in [2.75, 3.05) is 0 Å². The van der Waals surface area contributed by atoms with E-state index in [9.17, 15) is 4.79 Å². The second-order valence-corrected chi connectivity index (χ2v) is 3.70. The number of hydrogen-bond acceptors (Lipinski definition) is 1. The van der Waals surface area contributed by atoms with Gasteiger partial charge in [-0.3, -0.25) is 4.79 Å². The van der Waals surface area contributed by atoms with E-state index in [1.807, 2.05) is 30.3 Å². The Hall–Kier alpha value is -0.830. The van der Waals surface area contributed by atoms with Crippen LogP contribution in [0.2, 0.25) is 0 Å². The largest absolute Gasteiger partial charge is 0.481 e. The van der Waals surface area contributed by atoms with Crippen molar-refractivity contribution in [3.63, 3.8) is 0 Å². The summed E-state index contributed by atoms with van der Waals surface area (Å²) in [7, 11) is 0. The summed E-state index contributed by atoms with van der Waals surface area (Å²) in [5.41, 5.74) is 0. The van der Waals surface area contributed by atoms with E-state index in [4.69, 9.17) is 5.11 Å². The highest BCUT2D eigenvalue weighted by molar-refractivity contribution is 9.10. The van der Waals surface area contributed by atoms with E-state index in [-0.39, 0.29) is 5.92 Å². The van der Waals surface area contributed by atoms with Crippen LogP contribution in [0.3, 0.4) is 0 Å². The summed E-state index contributed by atoms with van der Waals surface area (Å²) >= 11 is 3.31. The molecule has 0 saturated carbocycles. The molecule has 0 heterocycles. The number of aliphatic carboxylic acids is 1. The third-order valence-electron chi connectivity index (χ3n) is 1.23. The fraction of sp³-hybridized carbons (Fsp3) is 0.300. The average Bonchev–Trinajstić information content (AvgIpc) is 2.06. The van der Waals surface area contributed by atoms with Crippen molar-refractivity contribution in [3.8, 4) is 0 Å². The lowest BCUT2D eigenvalue weighted by Gasteiger charge is -1.89. The number of carboxylic acids is 1. The first-order valence-corrected chi connectivity index (χ1v) is 4.76. The zero-order valence-corrected chi connectivity index (χ0v) is 9.28. The van der Waals surface area contributed by atoms with Gasteiger partial charge in [0, 0.05) is 4.47 Å².